The minimum atomic E-state index is -0.0278. The van der Waals surface area contributed by atoms with E-state index in [9.17, 15) is 4.79 Å². The van der Waals surface area contributed by atoms with Crippen LogP contribution in [0, 0.1) is 0 Å². The first-order chi connectivity index (χ1) is 16.9. The molecular formula is C25H26ClN7OS. The number of halogens is 1. The molecule has 0 saturated carbocycles. The Kier molecular flexibility index (Phi) is 5.80. The molecule has 4 aromatic rings. The van der Waals surface area contributed by atoms with E-state index in [0.717, 1.165) is 75.7 Å². The topological polar surface area (TPSA) is 86.3 Å². The smallest absolute Gasteiger partial charge is 0.263 e. The van der Waals surface area contributed by atoms with Gasteiger partial charge in [0, 0.05) is 60.8 Å². The van der Waals surface area contributed by atoms with Gasteiger partial charge in [-0.1, -0.05) is 0 Å². The summed E-state index contributed by atoms with van der Waals surface area (Å²) in [5, 5.41) is 8.80. The van der Waals surface area contributed by atoms with E-state index in [2.05, 4.69) is 43.5 Å². The third-order valence-electron chi connectivity index (χ3n) is 6.69. The lowest BCUT2D eigenvalue weighted by molar-refractivity contribution is 0.0949. The Morgan fingerprint density at radius 2 is 1.91 bits per heavy atom. The van der Waals surface area contributed by atoms with Gasteiger partial charge in [0.25, 0.3) is 5.91 Å². The number of carbonyl (C=O) groups excluding carboxylic acids is 1. The molecule has 3 aromatic heterocycles. The van der Waals surface area contributed by atoms with Crippen LogP contribution in [0.1, 0.15) is 22.3 Å². The molecule has 1 atom stereocenters. The highest BCUT2D eigenvalue weighted by molar-refractivity contribution is 7.21. The minimum absolute atomic E-state index is 0.0278. The van der Waals surface area contributed by atoms with Gasteiger partial charge in [-0.15, -0.1) is 11.3 Å². The van der Waals surface area contributed by atoms with Gasteiger partial charge in [0.2, 0.25) is 5.28 Å². The summed E-state index contributed by atoms with van der Waals surface area (Å²) in [7, 11) is 2.15. The van der Waals surface area contributed by atoms with Crippen molar-refractivity contribution < 1.29 is 4.79 Å². The number of piperazine rings is 1. The minimum Gasteiger partial charge on any atom is -0.381 e. The number of amides is 1. The first-order valence-electron chi connectivity index (χ1n) is 11.8. The highest BCUT2D eigenvalue weighted by Gasteiger charge is 2.25. The van der Waals surface area contributed by atoms with E-state index in [0.29, 0.717) is 12.2 Å². The number of aromatic nitrogens is 3. The fourth-order valence-corrected chi connectivity index (χ4v) is 6.08. The van der Waals surface area contributed by atoms with Crippen LogP contribution in [0.15, 0.2) is 30.3 Å². The van der Waals surface area contributed by atoms with Gasteiger partial charge in [-0.2, -0.15) is 0 Å². The monoisotopic (exact) mass is 507 g/mol. The number of rotatable bonds is 3. The predicted molar refractivity (Wildman–Crippen MR) is 141 cm³/mol. The molecule has 0 spiro atoms. The highest BCUT2D eigenvalue weighted by Crippen LogP contribution is 2.41. The Balaban J connectivity index is 1.37. The summed E-state index contributed by atoms with van der Waals surface area (Å²) in [5.74, 6) is -0.0278. The molecule has 1 amide bonds. The number of benzene rings is 1. The van der Waals surface area contributed by atoms with Crippen molar-refractivity contribution in [3.8, 4) is 11.4 Å². The second kappa shape index (κ2) is 8.98. The molecule has 6 rings (SSSR count). The maximum Gasteiger partial charge on any atom is 0.263 e. The molecule has 1 fully saturated rings. The Morgan fingerprint density at radius 1 is 1.09 bits per heavy atom. The zero-order valence-electron chi connectivity index (χ0n) is 19.6. The molecule has 10 heteroatoms. The molecule has 2 aliphatic heterocycles. The van der Waals surface area contributed by atoms with E-state index in [1.807, 2.05) is 31.2 Å². The number of nitrogens with zero attached hydrogens (tertiary/aromatic N) is 5. The molecule has 5 heterocycles. The molecular weight excluding hydrogens is 482 g/mol. The first-order valence-corrected chi connectivity index (χ1v) is 13.0. The second-order valence-corrected chi connectivity index (χ2v) is 10.7. The van der Waals surface area contributed by atoms with Gasteiger partial charge in [0.1, 0.15) is 4.88 Å². The molecule has 0 aliphatic carbocycles. The van der Waals surface area contributed by atoms with Gasteiger partial charge in [-0.25, -0.2) is 15.0 Å². The van der Waals surface area contributed by atoms with Crippen LogP contribution in [-0.4, -0.2) is 76.5 Å². The van der Waals surface area contributed by atoms with Gasteiger partial charge >= 0.3 is 0 Å². The summed E-state index contributed by atoms with van der Waals surface area (Å²) in [6, 6.07) is 10.1. The Hall–Kier alpha value is -2.85. The fourth-order valence-electron chi connectivity index (χ4n) is 4.78. The molecule has 8 nitrogen and oxygen atoms in total. The number of thiophene rings is 1. The summed E-state index contributed by atoms with van der Waals surface area (Å²) in [4.78, 5) is 32.0. The van der Waals surface area contributed by atoms with Crippen LogP contribution >= 0.6 is 22.9 Å². The van der Waals surface area contributed by atoms with E-state index in [-0.39, 0.29) is 17.2 Å². The lowest BCUT2D eigenvalue weighted by Crippen LogP contribution is -2.44. The van der Waals surface area contributed by atoms with Crippen molar-refractivity contribution in [1.82, 2.24) is 30.1 Å². The SMILES string of the molecule is C[C@@H]1CNc2c(sc3ccc4nc(-c5cc(CN6CCN(C)CC6)nc(Cl)n5)ccc4c23)C(=O)N1. The van der Waals surface area contributed by atoms with Gasteiger partial charge in [-0.3, -0.25) is 9.69 Å². The van der Waals surface area contributed by atoms with E-state index in [4.69, 9.17) is 16.6 Å². The number of hydrogen-bond donors (Lipinski definition) is 2. The first kappa shape index (κ1) is 22.6. The normalized spacial score (nSPS) is 19.4. The van der Waals surface area contributed by atoms with Crippen LogP contribution in [0.4, 0.5) is 5.69 Å². The third-order valence-corrected chi connectivity index (χ3v) is 8.01. The van der Waals surface area contributed by atoms with Gasteiger partial charge < -0.3 is 15.5 Å². The van der Waals surface area contributed by atoms with E-state index >= 15 is 0 Å². The summed E-state index contributed by atoms with van der Waals surface area (Å²) >= 11 is 7.83. The van der Waals surface area contributed by atoms with Crippen LogP contribution in [0.25, 0.3) is 32.4 Å². The van der Waals surface area contributed by atoms with E-state index in [1.165, 1.54) is 11.3 Å². The summed E-state index contributed by atoms with van der Waals surface area (Å²) < 4.78 is 1.06. The summed E-state index contributed by atoms with van der Waals surface area (Å²) in [5.41, 5.74) is 4.11. The maximum atomic E-state index is 12.7. The van der Waals surface area contributed by atoms with Crippen molar-refractivity contribution in [2.75, 3.05) is 45.1 Å². The van der Waals surface area contributed by atoms with Crippen LogP contribution in [0.3, 0.4) is 0 Å². The lowest BCUT2D eigenvalue weighted by atomic mass is 10.1. The average Bonchev–Trinajstić information content (AvgIpc) is 3.16. The predicted octanol–water partition coefficient (Wildman–Crippen LogP) is 3.85. The molecule has 0 radical (unpaired) electrons. The number of fused-ring (bicyclic) bond motifs is 5. The Morgan fingerprint density at radius 3 is 2.74 bits per heavy atom. The summed E-state index contributed by atoms with van der Waals surface area (Å²) in [6.07, 6.45) is 0. The van der Waals surface area contributed by atoms with Crippen molar-refractivity contribution in [3.05, 3.63) is 46.2 Å². The maximum absolute atomic E-state index is 12.7. The van der Waals surface area contributed by atoms with Crippen LogP contribution in [-0.2, 0) is 6.54 Å². The van der Waals surface area contributed by atoms with Crippen molar-refractivity contribution in [1.29, 1.82) is 0 Å². The molecule has 2 N–H and O–H groups in total. The molecule has 1 aromatic carbocycles. The third kappa shape index (κ3) is 4.33. The van der Waals surface area contributed by atoms with Crippen molar-refractivity contribution in [2.24, 2.45) is 0 Å². The number of anilines is 1. The van der Waals surface area contributed by atoms with E-state index < -0.39 is 0 Å². The number of likely N-dealkylation sites (N-methyl/N-ethyl adjacent to an activating group) is 1. The standard InChI is InChI=1S/C25H26ClN7OS/c1-14-12-27-22-21-16-3-4-18(30-17(16)5-6-20(21)35-23(22)24(34)28-14)19-11-15(29-25(26)31-19)13-33-9-7-32(2)8-10-33/h3-6,11,14,27H,7-10,12-13H2,1-2H3,(H,28,34)/t14-/m1/s1. The van der Waals surface area contributed by atoms with Crippen molar-refractivity contribution >= 4 is 55.5 Å². The Labute approximate surface area is 212 Å². The zero-order chi connectivity index (χ0) is 24.1. The van der Waals surface area contributed by atoms with Crippen molar-refractivity contribution in [2.45, 2.75) is 19.5 Å². The largest absolute Gasteiger partial charge is 0.381 e. The second-order valence-electron chi connectivity index (χ2n) is 9.36. The van der Waals surface area contributed by atoms with Crippen LogP contribution < -0.4 is 10.6 Å². The molecule has 180 valence electrons. The fraction of sp³-hybridized carbons (Fsp3) is 0.360. The molecule has 1 saturated heterocycles. The summed E-state index contributed by atoms with van der Waals surface area (Å²) in [6.45, 7) is 7.54. The molecule has 0 bridgehead atoms. The average molecular weight is 508 g/mol. The van der Waals surface area contributed by atoms with Gasteiger partial charge in [-0.05, 0) is 55.9 Å². The van der Waals surface area contributed by atoms with Crippen LogP contribution in [0.5, 0.6) is 0 Å². The zero-order valence-corrected chi connectivity index (χ0v) is 21.2. The lowest BCUT2D eigenvalue weighted by Gasteiger charge is -2.32. The molecule has 2 aliphatic rings. The van der Waals surface area contributed by atoms with E-state index in [1.54, 1.807) is 0 Å². The van der Waals surface area contributed by atoms with Gasteiger partial charge in [0.05, 0.1) is 28.3 Å². The Bertz CT molecular complexity index is 1450. The number of nitrogens with one attached hydrogen (secondary N) is 2. The number of carbonyl (C=O) groups is 1. The van der Waals surface area contributed by atoms with Gasteiger partial charge in [0.15, 0.2) is 0 Å². The number of pyridine rings is 1. The molecule has 35 heavy (non-hydrogen) atoms. The highest BCUT2D eigenvalue weighted by atomic mass is 35.5. The quantitative estimate of drug-likeness (QED) is 0.407. The number of hydrogen-bond acceptors (Lipinski definition) is 8. The van der Waals surface area contributed by atoms with Crippen molar-refractivity contribution in [3.63, 3.8) is 0 Å². The van der Waals surface area contributed by atoms with Crippen LogP contribution in [0.2, 0.25) is 5.28 Å². The molecule has 0 unspecified atom stereocenters.